The summed E-state index contributed by atoms with van der Waals surface area (Å²) in [5, 5.41) is 0. The molecule has 0 saturated heterocycles. The first-order chi connectivity index (χ1) is 12.1. The van der Waals surface area contributed by atoms with E-state index in [4.69, 9.17) is 0 Å². The highest BCUT2D eigenvalue weighted by Gasteiger charge is 2.22. The van der Waals surface area contributed by atoms with Gasteiger partial charge in [0.25, 0.3) is 0 Å². The zero-order chi connectivity index (χ0) is 17.7. The van der Waals surface area contributed by atoms with Crippen LogP contribution in [0.15, 0.2) is 94.8 Å². The van der Waals surface area contributed by atoms with Crippen LogP contribution in [0.2, 0.25) is 0 Å². The Kier molecular flexibility index (Phi) is 4.94. The maximum Gasteiger partial charge on any atom is 0.216 e. The Hall–Kier alpha value is -2.94. The Morgan fingerprint density at radius 2 is 1.36 bits per heavy atom. The second-order valence-corrected chi connectivity index (χ2v) is 7.46. The van der Waals surface area contributed by atoms with E-state index in [1.807, 2.05) is 37.3 Å². The Balaban J connectivity index is 2.17. The SMILES string of the molecule is Cc1ccc(N=C=C(c2ccccc2)S(=O)(=O)c2ccccc2)cc1. The molecule has 0 heterocycles. The molecule has 4 heteroatoms. The van der Waals surface area contributed by atoms with Gasteiger partial charge in [0, 0.05) is 11.4 Å². The van der Waals surface area contributed by atoms with Gasteiger partial charge in [-0.3, -0.25) is 0 Å². The lowest BCUT2D eigenvalue weighted by Gasteiger charge is -2.06. The van der Waals surface area contributed by atoms with E-state index in [1.165, 1.54) is 0 Å². The summed E-state index contributed by atoms with van der Waals surface area (Å²) in [4.78, 5) is 4.53. The summed E-state index contributed by atoms with van der Waals surface area (Å²) in [6.45, 7) is 1.98. The van der Waals surface area contributed by atoms with E-state index in [0.29, 0.717) is 11.3 Å². The number of nitrogens with zero attached hydrogens (tertiary/aromatic N) is 1. The number of benzene rings is 3. The van der Waals surface area contributed by atoms with E-state index in [1.54, 1.807) is 54.6 Å². The largest absolute Gasteiger partial charge is 0.218 e. The van der Waals surface area contributed by atoms with Gasteiger partial charge in [-0.2, -0.15) is 0 Å². The molecule has 3 nitrogen and oxygen atoms in total. The predicted molar refractivity (Wildman–Crippen MR) is 102 cm³/mol. The maximum absolute atomic E-state index is 13.0. The number of aliphatic imine (C=N–C) groups is 1. The number of hydrogen-bond acceptors (Lipinski definition) is 3. The fourth-order valence-corrected chi connectivity index (χ4v) is 3.68. The predicted octanol–water partition coefficient (Wildman–Crippen LogP) is 4.81. The summed E-state index contributed by atoms with van der Waals surface area (Å²) in [6.07, 6.45) is 0. The Morgan fingerprint density at radius 3 is 1.96 bits per heavy atom. The fourth-order valence-electron chi connectivity index (χ4n) is 2.32. The second-order valence-electron chi connectivity index (χ2n) is 5.57. The number of sulfone groups is 1. The quantitative estimate of drug-likeness (QED) is 0.636. The molecule has 3 aromatic rings. The van der Waals surface area contributed by atoms with Gasteiger partial charge in [-0.15, -0.1) is 0 Å². The highest BCUT2D eigenvalue weighted by atomic mass is 32.2. The zero-order valence-electron chi connectivity index (χ0n) is 13.8. The van der Waals surface area contributed by atoms with Crippen molar-refractivity contribution in [1.29, 1.82) is 0 Å². The summed E-state index contributed by atoms with van der Waals surface area (Å²) >= 11 is 0. The van der Waals surface area contributed by atoms with Gasteiger partial charge >= 0.3 is 0 Å². The molecule has 0 amide bonds. The first-order valence-electron chi connectivity index (χ1n) is 7.83. The monoisotopic (exact) mass is 347 g/mol. The maximum atomic E-state index is 13.0. The van der Waals surface area contributed by atoms with Crippen LogP contribution in [0.4, 0.5) is 5.69 Å². The van der Waals surface area contributed by atoms with Crippen molar-refractivity contribution in [3.05, 3.63) is 96.1 Å². The fraction of sp³-hybridized carbons (Fsp3) is 0.0476. The average molecular weight is 347 g/mol. The van der Waals surface area contributed by atoms with Crippen LogP contribution in [0.25, 0.3) is 4.91 Å². The van der Waals surface area contributed by atoms with Crippen molar-refractivity contribution in [2.45, 2.75) is 11.8 Å². The molecule has 124 valence electrons. The molecule has 0 aliphatic rings. The summed E-state index contributed by atoms with van der Waals surface area (Å²) in [5.41, 5.74) is 2.33. The van der Waals surface area contributed by atoms with Crippen LogP contribution in [-0.2, 0) is 9.84 Å². The van der Waals surface area contributed by atoms with E-state index in [-0.39, 0.29) is 9.80 Å². The van der Waals surface area contributed by atoms with E-state index in [2.05, 4.69) is 10.9 Å². The smallest absolute Gasteiger partial charge is 0.216 e. The molecule has 0 bridgehead atoms. The molecule has 0 aromatic heterocycles. The van der Waals surface area contributed by atoms with Crippen molar-refractivity contribution in [3.8, 4) is 0 Å². The molecule has 0 spiro atoms. The highest BCUT2D eigenvalue weighted by Crippen LogP contribution is 2.26. The molecule has 25 heavy (non-hydrogen) atoms. The molecule has 0 N–H and O–H groups in total. The lowest BCUT2D eigenvalue weighted by molar-refractivity contribution is 0.606. The van der Waals surface area contributed by atoms with Crippen molar-refractivity contribution in [2.75, 3.05) is 0 Å². The second kappa shape index (κ2) is 7.31. The molecule has 0 aliphatic carbocycles. The van der Waals surface area contributed by atoms with Crippen LogP contribution in [0, 0.1) is 6.92 Å². The van der Waals surface area contributed by atoms with Gasteiger partial charge in [0.1, 0.15) is 4.91 Å². The average Bonchev–Trinajstić information content (AvgIpc) is 2.65. The lowest BCUT2D eigenvalue weighted by Crippen LogP contribution is -2.04. The van der Waals surface area contributed by atoms with Gasteiger partial charge in [0.15, 0.2) is 0 Å². The third-order valence-corrected chi connectivity index (χ3v) is 5.44. The molecule has 0 unspecified atom stereocenters. The molecule has 0 aliphatic heterocycles. The number of hydrogen-bond donors (Lipinski definition) is 0. The molecule has 0 saturated carbocycles. The number of rotatable bonds is 4. The van der Waals surface area contributed by atoms with E-state index >= 15 is 0 Å². The van der Waals surface area contributed by atoms with Gasteiger partial charge in [0.2, 0.25) is 9.84 Å². The van der Waals surface area contributed by atoms with Crippen LogP contribution in [0.1, 0.15) is 11.1 Å². The van der Waals surface area contributed by atoms with E-state index in [0.717, 1.165) is 5.56 Å². The third-order valence-electron chi connectivity index (χ3n) is 3.68. The van der Waals surface area contributed by atoms with Gasteiger partial charge in [-0.05, 0) is 31.2 Å². The molecule has 3 aromatic carbocycles. The molecule has 0 radical (unpaired) electrons. The van der Waals surface area contributed by atoms with Crippen LogP contribution in [0.3, 0.4) is 0 Å². The van der Waals surface area contributed by atoms with Crippen LogP contribution >= 0.6 is 0 Å². The molecular weight excluding hydrogens is 330 g/mol. The van der Waals surface area contributed by atoms with Gasteiger partial charge < -0.3 is 0 Å². The van der Waals surface area contributed by atoms with Crippen molar-refractivity contribution in [3.63, 3.8) is 0 Å². The minimum absolute atomic E-state index is 0.0554. The summed E-state index contributed by atoms with van der Waals surface area (Å²) in [6, 6.07) is 24.8. The highest BCUT2D eigenvalue weighted by molar-refractivity contribution is 8.01. The van der Waals surface area contributed by atoms with Crippen molar-refractivity contribution < 1.29 is 8.42 Å². The minimum atomic E-state index is -3.72. The number of aryl methyl sites for hydroxylation is 1. The third kappa shape index (κ3) is 3.94. The minimum Gasteiger partial charge on any atom is -0.218 e. The Bertz CT molecular complexity index is 1020. The topological polar surface area (TPSA) is 46.5 Å². The molecule has 0 fully saturated rings. The summed E-state index contributed by atoms with van der Waals surface area (Å²) in [5.74, 6) is 2.76. The normalized spacial score (nSPS) is 10.8. The van der Waals surface area contributed by atoms with Gasteiger partial charge in [-0.1, -0.05) is 66.2 Å². The standard InChI is InChI=1S/C21H17NO2S/c1-17-12-14-19(15-13-17)22-16-21(18-8-4-2-5-9-18)25(23,24)20-10-6-3-7-11-20/h2-15H,1H3. The van der Waals surface area contributed by atoms with Crippen LogP contribution < -0.4 is 0 Å². The summed E-state index contributed by atoms with van der Waals surface area (Å²) in [7, 11) is -3.72. The molecule has 3 rings (SSSR count). The van der Waals surface area contributed by atoms with Gasteiger partial charge in [0.05, 0.1) is 10.6 Å². The Morgan fingerprint density at radius 1 is 0.800 bits per heavy atom. The first kappa shape index (κ1) is 16.9. The first-order valence-corrected chi connectivity index (χ1v) is 9.31. The zero-order valence-corrected chi connectivity index (χ0v) is 14.6. The van der Waals surface area contributed by atoms with Crippen molar-refractivity contribution in [2.24, 2.45) is 4.99 Å². The van der Waals surface area contributed by atoms with E-state index < -0.39 is 9.84 Å². The molecular formula is C21H17NO2S. The Labute approximate surface area is 147 Å². The van der Waals surface area contributed by atoms with Crippen LogP contribution in [0.5, 0.6) is 0 Å². The van der Waals surface area contributed by atoms with E-state index in [9.17, 15) is 8.42 Å². The lowest BCUT2D eigenvalue weighted by atomic mass is 10.2. The molecule has 0 atom stereocenters. The van der Waals surface area contributed by atoms with Crippen molar-refractivity contribution in [1.82, 2.24) is 0 Å². The summed E-state index contributed by atoms with van der Waals surface area (Å²) < 4.78 is 26.1. The van der Waals surface area contributed by atoms with Crippen LogP contribution in [-0.4, -0.2) is 14.3 Å². The van der Waals surface area contributed by atoms with Gasteiger partial charge in [-0.25, -0.2) is 13.4 Å². The van der Waals surface area contributed by atoms with Crippen molar-refractivity contribution >= 4 is 26.3 Å².